The van der Waals surface area contributed by atoms with Crippen molar-refractivity contribution >= 4 is 39.1 Å². The maximum absolute atomic E-state index is 14.3. The first-order valence-corrected chi connectivity index (χ1v) is 16.9. The van der Waals surface area contributed by atoms with E-state index in [1.165, 1.54) is 37.3 Å². The average molecular weight is 656 g/mol. The van der Waals surface area contributed by atoms with E-state index < -0.39 is 28.5 Å². The molecule has 0 radical (unpaired) electrons. The molecule has 2 amide bonds. The summed E-state index contributed by atoms with van der Waals surface area (Å²) in [5, 5.41) is 3.66. The lowest BCUT2D eigenvalue weighted by atomic mass is 9.95. The number of rotatable bonds is 12. The fourth-order valence-corrected chi connectivity index (χ4v) is 7.21. The summed E-state index contributed by atoms with van der Waals surface area (Å²) in [6.45, 7) is 4.96. The number of carbonyl (C=O) groups is 2. The van der Waals surface area contributed by atoms with Crippen LogP contribution in [0.1, 0.15) is 55.7 Å². The standard InChI is InChI=1S/C34H42ClN3O6S/c1-23-17-24(2)19-29(18-23)38(45(41,42)30-15-16-31(43-4)32(20-30)44-5)22-33(39)37(21-26-11-13-27(35)14-12-26)25(3)34(40)36-28-9-7-6-8-10-28/h11-20,25,28H,6-10,21-22H2,1-5H3,(H,36,40). The van der Waals surface area contributed by atoms with Gasteiger partial charge in [-0.25, -0.2) is 8.42 Å². The minimum absolute atomic E-state index is 0.0541. The Morgan fingerprint density at radius 1 is 0.911 bits per heavy atom. The van der Waals surface area contributed by atoms with Crippen LogP contribution in [0.2, 0.25) is 5.02 Å². The van der Waals surface area contributed by atoms with Gasteiger partial charge in [-0.1, -0.05) is 49.1 Å². The van der Waals surface area contributed by atoms with Gasteiger partial charge in [0.2, 0.25) is 11.8 Å². The van der Waals surface area contributed by atoms with Gasteiger partial charge in [0.05, 0.1) is 24.8 Å². The molecule has 3 aromatic carbocycles. The minimum atomic E-state index is -4.29. The number of anilines is 1. The van der Waals surface area contributed by atoms with Crippen LogP contribution >= 0.6 is 11.6 Å². The molecule has 1 aliphatic rings. The van der Waals surface area contributed by atoms with Crippen molar-refractivity contribution in [1.82, 2.24) is 10.2 Å². The third-order valence-corrected chi connectivity index (χ3v) is 10.1. The summed E-state index contributed by atoms with van der Waals surface area (Å²) < 4.78 is 40.4. The smallest absolute Gasteiger partial charge is 0.264 e. The lowest BCUT2D eigenvalue weighted by Gasteiger charge is -2.33. The number of methoxy groups -OCH3 is 2. The highest BCUT2D eigenvalue weighted by atomic mass is 35.5. The van der Waals surface area contributed by atoms with Crippen LogP contribution in [-0.4, -0.2) is 58.0 Å². The number of nitrogens with one attached hydrogen (secondary N) is 1. The highest BCUT2D eigenvalue weighted by molar-refractivity contribution is 7.92. The monoisotopic (exact) mass is 655 g/mol. The topological polar surface area (TPSA) is 105 Å². The van der Waals surface area contributed by atoms with E-state index in [9.17, 15) is 18.0 Å². The summed E-state index contributed by atoms with van der Waals surface area (Å²) in [6.07, 6.45) is 5.03. The van der Waals surface area contributed by atoms with E-state index in [0.29, 0.717) is 16.5 Å². The van der Waals surface area contributed by atoms with Crippen LogP contribution < -0.4 is 19.1 Å². The second kappa shape index (κ2) is 15.0. The lowest BCUT2D eigenvalue weighted by Crippen LogP contribution is -2.53. The highest BCUT2D eigenvalue weighted by Crippen LogP contribution is 2.33. The van der Waals surface area contributed by atoms with E-state index >= 15 is 0 Å². The first-order valence-electron chi connectivity index (χ1n) is 15.1. The van der Waals surface area contributed by atoms with E-state index in [1.807, 2.05) is 19.9 Å². The lowest BCUT2D eigenvalue weighted by molar-refractivity contribution is -0.139. The summed E-state index contributed by atoms with van der Waals surface area (Å²) in [6, 6.07) is 15.9. The van der Waals surface area contributed by atoms with E-state index in [-0.39, 0.29) is 29.1 Å². The van der Waals surface area contributed by atoms with Gasteiger partial charge in [-0.2, -0.15) is 0 Å². The SMILES string of the molecule is COc1ccc(S(=O)(=O)N(CC(=O)N(Cc2ccc(Cl)cc2)C(C)C(=O)NC2CCCCC2)c2cc(C)cc(C)c2)cc1OC. The van der Waals surface area contributed by atoms with E-state index in [0.717, 1.165) is 53.1 Å². The molecule has 4 rings (SSSR count). The fraction of sp³-hybridized carbons (Fsp3) is 0.412. The number of nitrogens with zero attached hydrogens (tertiary/aromatic N) is 2. The predicted molar refractivity (Wildman–Crippen MR) is 176 cm³/mol. The molecular formula is C34H42ClN3O6S. The van der Waals surface area contributed by atoms with Gasteiger partial charge in [0.15, 0.2) is 11.5 Å². The molecule has 1 atom stereocenters. The van der Waals surface area contributed by atoms with Crippen molar-refractivity contribution in [3.8, 4) is 11.5 Å². The minimum Gasteiger partial charge on any atom is -0.493 e. The Kier molecular flexibility index (Phi) is 11.4. The molecule has 0 aromatic heterocycles. The summed E-state index contributed by atoms with van der Waals surface area (Å²) in [5.74, 6) is -0.190. The van der Waals surface area contributed by atoms with Crippen LogP contribution in [0, 0.1) is 13.8 Å². The Hall–Kier alpha value is -3.76. The zero-order chi connectivity index (χ0) is 32.7. The van der Waals surface area contributed by atoms with E-state index in [1.54, 1.807) is 43.3 Å². The zero-order valence-electron chi connectivity index (χ0n) is 26.5. The van der Waals surface area contributed by atoms with Crippen molar-refractivity contribution in [1.29, 1.82) is 0 Å². The normalized spacial score (nSPS) is 14.4. The molecule has 1 aliphatic carbocycles. The summed E-state index contributed by atoms with van der Waals surface area (Å²) in [7, 11) is -1.40. The Morgan fingerprint density at radius 3 is 2.13 bits per heavy atom. The van der Waals surface area contributed by atoms with Gasteiger partial charge in [0.25, 0.3) is 10.0 Å². The number of hydrogen-bond donors (Lipinski definition) is 1. The molecule has 242 valence electrons. The second-order valence-electron chi connectivity index (χ2n) is 11.5. The van der Waals surface area contributed by atoms with Gasteiger partial charge >= 0.3 is 0 Å². The molecule has 1 saturated carbocycles. The first kappa shape index (κ1) is 34.1. The van der Waals surface area contributed by atoms with Crippen LogP contribution in [0.4, 0.5) is 5.69 Å². The number of amides is 2. The summed E-state index contributed by atoms with van der Waals surface area (Å²) in [4.78, 5) is 29.2. The van der Waals surface area contributed by atoms with Crippen LogP contribution in [0.25, 0.3) is 0 Å². The number of ether oxygens (including phenoxy) is 2. The third-order valence-electron chi connectivity index (χ3n) is 8.10. The molecule has 11 heteroatoms. The number of sulfonamides is 1. The van der Waals surface area contributed by atoms with Crippen LogP contribution in [-0.2, 0) is 26.2 Å². The Labute approximate surface area is 271 Å². The molecule has 1 fully saturated rings. The van der Waals surface area contributed by atoms with Crippen molar-refractivity contribution in [2.75, 3.05) is 25.1 Å². The van der Waals surface area contributed by atoms with Gasteiger partial charge in [0.1, 0.15) is 12.6 Å². The van der Waals surface area contributed by atoms with E-state index in [4.69, 9.17) is 21.1 Å². The Morgan fingerprint density at radius 2 is 1.53 bits per heavy atom. The summed E-state index contributed by atoms with van der Waals surface area (Å²) in [5.41, 5.74) is 2.76. The molecule has 0 saturated heterocycles. The van der Waals surface area contributed by atoms with Gasteiger partial charge in [-0.15, -0.1) is 0 Å². The molecule has 3 aromatic rings. The van der Waals surface area contributed by atoms with Crippen molar-refractivity contribution < 1.29 is 27.5 Å². The molecule has 0 spiro atoms. The summed E-state index contributed by atoms with van der Waals surface area (Å²) >= 11 is 6.11. The second-order valence-corrected chi connectivity index (χ2v) is 13.8. The Balaban J connectivity index is 1.73. The van der Waals surface area contributed by atoms with Crippen molar-refractivity contribution in [2.24, 2.45) is 0 Å². The van der Waals surface area contributed by atoms with Crippen LogP contribution in [0.3, 0.4) is 0 Å². The quantitative estimate of drug-likeness (QED) is 0.255. The third kappa shape index (κ3) is 8.49. The molecule has 0 bridgehead atoms. The first-order chi connectivity index (χ1) is 21.4. The van der Waals surface area contributed by atoms with Crippen LogP contribution in [0.15, 0.2) is 65.6 Å². The van der Waals surface area contributed by atoms with E-state index in [2.05, 4.69) is 5.32 Å². The Bertz CT molecular complexity index is 1590. The fourth-order valence-electron chi connectivity index (χ4n) is 5.67. The molecule has 9 nitrogen and oxygen atoms in total. The zero-order valence-corrected chi connectivity index (χ0v) is 28.1. The maximum atomic E-state index is 14.3. The number of hydrogen-bond acceptors (Lipinski definition) is 6. The van der Waals surface area contributed by atoms with Crippen molar-refractivity contribution in [3.05, 3.63) is 82.4 Å². The van der Waals surface area contributed by atoms with Crippen molar-refractivity contribution in [2.45, 2.75) is 76.4 Å². The molecule has 1 N–H and O–H groups in total. The number of halogens is 1. The number of benzene rings is 3. The number of aryl methyl sites for hydroxylation is 2. The van der Waals surface area contributed by atoms with Gasteiger partial charge in [-0.05, 0) is 86.7 Å². The molecule has 1 unspecified atom stereocenters. The van der Waals surface area contributed by atoms with Gasteiger partial charge in [-0.3, -0.25) is 13.9 Å². The predicted octanol–water partition coefficient (Wildman–Crippen LogP) is 6.04. The average Bonchev–Trinajstić information content (AvgIpc) is 3.02. The van der Waals surface area contributed by atoms with Gasteiger partial charge < -0.3 is 19.7 Å². The number of carbonyl (C=O) groups excluding carboxylic acids is 2. The highest BCUT2D eigenvalue weighted by Gasteiger charge is 2.34. The molecule has 0 aliphatic heterocycles. The largest absolute Gasteiger partial charge is 0.493 e. The maximum Gasteiger partial charge on any atom is 0.264 e. The van der Waals surface area contributed by atoms with Crippen LogP contribution in [0.5, 0.6) is 11.5 Å². The van der Waals surface area contributed by atoms with Gasteiger partial charge in [0, 0.05) is 23.7 Å². The molecule has 0 heterocycles. The van der Waals surface area contributed by atoms with Crippen molar-refractivity contribution in [3.63, 3.8) is 0 Å². The molecule has 45 heavy (non-hydrogen) atoms. The molecular weight excluding hydrogens is 614 g/mol.